The second-order valence-electron chi connectivity index (χ2n) is 4.90. The molecule has 0 fully saturated rings. The zero-order valence-electron chi connectivity index (χ0n) is 11.7. The number of aromatic nitrogens is 1. The molecule has 0 saturated heterocycles. The Balaban J connectivity index is 2.72. The Morgan fingerprint density at radius 2 is 2.11 bits per heavy atom. The molecule has 0 bridgehead atoms. The van der Waals surface area contributed by atoms with E-state index in [0.717, 1.165) is 9.88 Å². The standard InChI is InChI=1S/C12H19N3O3S/c1-7-6-13-9(19-7)8(2)14-11(18)15(5)12(3,4)10(16)17/h6,8H,1-5H3,(H,14,18)(H,16,17). The summed E-state index contributed by atoms with van der Waals surface area (Å²) in [4.78, 5) is 29.5. The second-order valence-corrected chi connectivity index (χ2v) is 6.17. The molecule has 1 aromatic heterocycles. The molecule has 2 amide bonds. The number of likely N-dealkylation sites (N-methyl/N-ethyl adjacent to an activating group) is 1. The number of hydrogen-bond donors (Lipinski definition) is 2. The summed E-state index contributed by atoms with van der Waals surface area (Å²) in [5.41, 5.74) is -1.26. The first kappa shape index (κ1) is 15.4. The van der Waals surface area contributed by atoms with Crippen molar-refractivity contribution in [2.75, 3.05) is 7.05 Å². The van der Waals surface area contributed by atoms with E-state index >= 15 is 0 Å². The molecule has 0 aliphatic rings. The molecule has 0 radical (unpaired) electrons. The van der Waals surface area contributed by atoms with E-state index in [1.54, 1.807) is 6.20 Å². The van der Waals surface area contributed by atoms with Gasteiger partial charge in [-0.15, -0.1) is 11.3 Å². The molecule has 7 heteroatoms. The van der Waals surface area contributed by atoms with Crippen LogP contribution >= 0.6 is 11.3 Å². The fraction of sp³-hybridized carbons (Fsp3) is 0.583. The van der Waals surface area contributed by atoms with Crippen LogP contribution in [0.15, 0.2) is 6.20 Å². The molecule has 0 spiro atoms. The maximum absolute atomic E-state index is 12.0. The SMILES string of the molecule is Cc1cnc(C(C)NC(=O)N(C)C(C)(C)C(=O)O)s1. The highest BCUT2D eigenvalue weighted by atomic mass is 32.1. The van der Waals surface area contributed by atoms with Gasteiger partial charge in [0.2, 0.25) is 0 Å². The molecule has 1 unspecified atom stereocenters. The lowest BCUT2D eigenvalue weighted by atomic mass is 10.1. The third kappa shape index (κ3) is 3.44. The number of thiazole rings is 1. The first-order valence-corrected chi connectivity index (χ1v) is 6.68. The van der Waals surface area contributed by atoms with Crippen LogP contribution < -0.4 is 5.32 Å². The van der Waals surface area contributed by atoms with E-state index in [2.05, 4.69) is 10.3 Å². The molecule has 106 valence electrons. The minimum Gasteiger partial charge on any atom is -0.480 e. The van der Waals surface area contributed by atoms with E-state index in [4.69, 9.17) is 5.11 Å². The molecule has 0 aliphatic heterocycles. The van der Waals surface area contributed by atoms with Crippen LogP contribution in [0.1, 0.15) is 36.7 Å². The summed E-state index contributed by atoms with van der Waals surface area (Å²) in [6.45, 7) is 6.72. The molecule has 2 N–H and O–H groups in total. The van der Waals surface area contributed by atoms with Crippen LogP contribution in [0.5, 0.6) is 0 Å². The van der Waals surface area contributed by atoms with Gasteiger partial charge in [-0.1, -0.05) is 0 Å². The normalized spacial score (nSPS) is 12.9. The first-order valence-electron chi connectivity index (χ1n) is 5.86. The number of rotatable bonds is 4. The van der Waals surface area contributed by atoms with Gasteiger partial charge < -0.3 is 15.3 Å². The number of aryl methyl sites for hydroxylation is 1. The van der Waals surface area contributed by atoms with Gasteiger partial charge >= 0.3 is 12.0 Å². The van der Waals surface area contributed by atoms with Crippen molar-refractivity contribution < 1.29 is 14.7 Å². The minimum atomic E-state index is -1.26. The van der Waals surface area contributed by atoms with Gasteiger partial charge in [-0.25, -0.2) is 14.6 Å². The van der Waals surface area contributed by atoms with Crippen LogP contribution in [0.25, 0.3) is 0 Å². The molecule has 1 atom stereocenters. The smallest absolute Gasteiger partial charge is 0.329 e. The number of nitrogens with zero attached hydrogens (tertiary/aromatic N) is 2. The van der Waals surface area contributed by atoms with E-state index in [1.165, 1.54) is 37.1 Å². The van der Waals surface area contributed by atoms with Crippen molar-refractivity contribution in [2.45, 2.75) is 39.3 Å². The molecule has 1 aromatic rings. The van der Waals surface area contributed by atoms with Crippen molar-refractivity contribution in [3.63, 3.8) is 0 Å². The van der Waals surface area contributed by atoms with Crippen LogP contribution in [0, 0.1) is 6.92 Å². The van der Waals surface area contributed by atoms with Crippen molar-refractivity contribution in [3.05, 3.63) is 16.1 Å². The Kier molecular flexibility index (Phi) is 4.52. The van der Waals surface area contributed by atoms with Crippen molar-refractivity contribution in [3.8, 4) is 0 Å². The fourth-order valence-corrected chi connectivity index (χ4v) is 2.09. The minimum absolute atomic E-state index is 0.252. The lowest BCUT2D eigenvalue weighted by Crippen LogP contribution is -2.54. The highest BCUT2D eigenvalue weighted by Crippen LogP contribution is 2.20. The maximum atomic E-state index is 12.0. The zero-order chi connectivity index (χ0) is 14.8. The van der Waals surface area contributed by atoms with Crippen molar-refractivity contribution in [1.82, 2.24) is 15.2 Å². The van der Waals surface area contributed by atoms with Crippen LogP contribution in [0.2, 0.25) is 0 Å². The molecule has 1 rings (SSSR count). The van der Waals surface area contributed by atoms with Crippen molar-refractivity contribution in [2.24, 2.45) is 0 Å². The van der Waals surface area contributed by atoms with Crippen molar-refractivity contribution in [1.29, 1.82) is 0 Å². The molecule has 1 heterocycles. The molecule has 0 saturated carbocycles. The lowest BCUT2D eigenvalue weighted by molar-refractivity contribution is -0.146. The van der Waals surface area contributed by atoms with Crippen molar-refractivity contribution >= 4 is 23.3 Å². The highest BCUT2D eigenvalue weighted by Gasteiger charge is 2.35. The fourth-order valence-electron chi connectivity index (χ4n) is 1.31. The summed E-state index contributed by atoms with van der Waals surface area (Å²) in [6.07, 6.45) is 1.74. The van der Waals surface area contributed by atoms with Gasteiger partial charge in [-0.05, 0) is 27.7 Å². The second kappa shape index (κ2) is 5.56. The quantitative estimate of drug-likeness (QED) is 0.886. The average molecular weight is 285 g/mol. The Morgan fingerprint density at radius 3 is 2.53 bits per heavy atom. The van der Waals surface area contributed by atoms with Gasteiger partial charge in [-0.2, -0.15) is 0 Å². The third-order valence-corrected chi connectivity index (χ3v) is 4.11. The molecule has 6 nitrogen and oxygen atoms in total. The number of hydrogen-bond acceptors (Lipinski definition) is 4. The van der Waals surface area contributed by atoms with Crippen LogP contribution in [-0.4, -0.2) is 39.6 Å². The number of carboxylic acid groups (broad SMARTS) is 1. The summed E-state index contributed by atoms with van der Waals surface area (Å²) in [5, 5.41) is 12.6. The van der Waals surface area contributed by atoms with Gasteiger partial charge in [0.15, 0.2) is 0 Å². The summed E-state index contributed by atoms with van der Waals surface area (Å²) in [5.74, 6) is -1.05. The number of carbonyl (C=O) groups is 2. The van der Waals surface area contributed by atoms with E-state index in [9.17, 15) is 9.59 Å². The number of aliphatic carboxylic acids is 1. The molecular weight excluding hydrogens is 266 g/mol. The summed E-state index contributed by atoms with van der Waals surface area (Å²) < 4.78 is 0. The highest BCUT2D eigenvalue weighted by molar-refractivity contribution is 7.11. The lowest BCUT2D eigenvalue weighted by Gasteiger charge is -2.32. The third-order valence-electron chi connectivity index (χ3n) is 3.02. The zero-order valence-corrected chi connectivity index (χ0v) is 12.5. The number of carboxylic acids is 1. The van der Waals surface area contributed by atoms with E-state index in [1.807, 2.05) is 13.8 Å². The summed E-state index contributed by atoms with van der Waals surface area (Å²) in [6, 6.07) is -0.689. The van der Waals surface area contributed by atoms with Gasteiger partial charge in [0.05, 0.1) is 6.04 Å². The number of urea groups is 1. The number of nitrogens with one attached hydrogen (secondary N) is 1. The molecule has 0 aliphatic carbocycles. The Labute approximate surface area is 116 Å². The molecule has 19 heavy (non-hydrogen) atoms. The van der Waals surface area contributed by atoms with Crippen LogP contribution in [-0.2, 0) is 4.79 Å². The van der Waals surface area contributed by atoms with E-state index in [0.29, 0.717) is 0 Å². The maximum Gasteiger partial charge on any atom is 0.329 e. The number of amides is 2. The van der Waals surface area contributed by atoms with Gasteiger partial charge in [0.25, 0.3) is 0 Å². The van der Waals surface area contributed by atoms with E-state index < -0.39 is 17.5 Å². The summed E-state index contributed by atoms with van der Waals surface area (Å²) in [7, 11) is 1.46. The van der Waals surface area contributed by atoms with Gasteiger partial charge in [0, 0.05) is 18.1 Å². The monoisotopic (exact) mass is 285 g/mol. The molecule has 0 aromatic carbocycles. The first-order chi connectivity index (χ1) is 8.66. The largest absolute Gasteiger partial charge is 0.480 e. The van der Waals surface area contributed by atoms with Crippen LogP contribution in [0.3, 0.4) is 0 Å². The predicted molar refractivity (Wildman–Crippen MR) is 73.3 cm³/mol. The Morgan fingerprint density at radius 1 is 1.53 bits per heavy atom. The predicted octanol–water partition coefficient (Wildman–Crippen LogP) is 2.02. The Hall–Kier alpha value is -1.63. The van der Waals surface area contributed by atoms with Gasteiger partial charge in [-0.3, -0.25) is 0 Å². The Bertz CT molecular complexity index is 484. The van der Waals surface area contributed by atoms with Crippen LogP contribution in [0.4, 0.5) is 4.79 Å². The average Bonchev–Trinajstić information content (AvgIpc) is 2.74. The number of carbonyl (C=O) groups excluding carboxylic acids is 1. The van der Waals surface area contributed by atoms with Gasteiger partial charge in [0.1, 0.15) is 10.5 Å². The van der Waals surface area contributed by atoms with E-state index in [-0.39, 0.29) is 6.04 Å². The topological polar surface area (TPSA) is 82.5 Å². The summed E-state index contributed by atoms with van der Waals surface area (Å²) >= 11 is 1.50. The molecular formula is C12H19N3O3S.